The molecular formula is C16H19Cl2NO3. The van der Waals surface area contributed by atoms with Crippen LogP contribution >= 0.6 is 23.2 Å². The van der Waals surface area contributed by atoms with Crippen molar-refractivity contribution in [3.63, 3.8) is 0 Å². The second-order valence-corrected chi connectivity index (χ2v) is 6.52. The minimum Gasteiger partial charge on any atom is -0.350 e. The highest BCUT2D eigenvalue weighted by Gasteiger charge is 2.31. The molecule has 2 aliphatic rings. The number of halogens is 2. The van der Waals surface area contributed by atoms with Gasteiger partial charge in [-0.2, -0.15) is 0 Å². The van der Waals surface area contributed by atoms with Crippen LogP contribution in [0, 0.1) is 5.92 Å². The summed E-state index contributed by atoms with van der Waals surface area (Å²) < 4.78 is 11.1. The van der Waals surface area contributed by atoms with Gasteiger partial charge in [0.15, 0.2) is 6.29 Å². The van der Waals surface area contributed by atoms with E-state index < -0.39 is 0 Å². The van der Waals surface area contributed by atoms with E-state index in [1.165, 1.54) is 0 Å². The molecule has 0 bridgehead atoms. The van der Waals surface area contributed by atoms with E-state index in [4.69, 9.17) is 32.7 Å². The molecule has 0 aliphatic carbocycles. The van der Waals surface area contributed by atoms with Crippen LogP contribution in [0.15, 0.2) is 18.2 Å². The Morgan fingerprint density at radius 2 is 1.73 bits per heavy atom. The third-order valence-corrected chi connectivity index (χ3v) is 5.02. The molecule has 2 saturated heterocycles. The molecule has 1 aromatic carbocycles. The molecule has 0 spiro atoms. The van der Waals surface area contributed by atoms with Gasteiger partial charge in [0.1, 0.15) is 0 Å². The summed E-state index contributed by atoms with van der Waals surface area (Å²) in [5.74, 6) is 0.456. The smallest absolute Gasteiger partial charge is 0.227 e. The molecule has 4 nitrogen and oxygen atoms in total. The SMILES string of the molecule is O=C(Cc1c(Cl)cccc1Cl)N1CCC(C2OCCO2)CC1. The fraction of sp³-hybridized carbons (Fsp3) is 0.562. The van der Waals surface area contributed by atoms with Crippen LogP contribution in [-0.2, 0) is 20.7 Å². The van der Waals surface area contributed by atoms with Gasteiger partial charge in [-0.3, -0.25) is 4.79 Å². The number of nitrogens with zero attached hydrogens (tertiary/aromatic N) is 1. The quantitative estimate of drug-likeness (QED) is 0.846. The van der Waals surface area contributed by atoms with Crippen LogP contribution in [0.4, 0.5) is 0 Å². The van der Waals surface area contributed by atoms with Gasteiger partial charge in [0.25, 0.3) is 0 Å². The summed E-state index contributed by atoms with van der Waals surface area (Å²) in [6.45, 7) is 2.81. The lowest BCUT2D eigenvalue weighted by Gasteiger charge is -2.34. The third-order valence-electron chi connectivity index (χ3n) is 4.31. The average molecular weight is 344 g/mol. The van der Waals surface area contributed by atoms with Crippen molar-refractivity contribution in [2.45, 2.75) is 25.6 Å². The van der Waals surface area contributed by atoms with E-state index in [9.17, 15) is 4.79 Å². The molecule has 0 N–H and O–H groups in total. The number of hydrogen-bond donors (Lipinski definition) is 0. The summed E-state index contributed by atoms with van der Waals surface area (Å²) in [7, 11) is 0. The normalized spacial score (nSPS) is 20.5. The summed E-state index contributed by atoms with van der Waals surface area (Å²) in [6, 6.07) is 5.31. The molecule has 3 rings (SSSR count). The molecule has 1 amide bonds. The van der Waals surface area contributed by atoms with E-state index in [1.54, 1.807) is 18.2 Å². The number of benzene rings is 1. The standard InChI is InChI=1S/C16H19Cl2NO3/c17-13-2-1-3-14(18)12(13)10-15(20)19-6-4-11(5-7-19)16-21-8-9-22-16/h1-3,11,16H,4-10H2. The Hall–Kier alpha value is -0.810. The third kappa shape index (κ3) is 3.57. The fourth-order valence-electron chi connectivity index (χ4n) is 3.03. The van der Waals surface area contributed by atoms with Crippen LogP contribution in [0.3, 0.4) is 0 Å². The number of piperidine rings is 1. The predicted molar refractivity (Wildman–Crippen MR) is 85.2 cm³/mol. The highest BCUT2D eigenvalue weighted by atomic mass is 35.5. The zero-order valence-electron chi connectivity index (χ0n) is 12.3. The number of carbonyl (C=O) groups excluding carboxylic acids is 1. The first-order chi connectivity index (χ1) is 10.6. The summed E-state index contributed by atoms with van der Waals surface area (Å²) in [5, 5.41) is 1.09. The van der Waals surface area contributed by atoms with E-state index >= 15 is 0 Å². The van der Waals surface area contributed by atoms with Crippen molar-refractivity contribution in [1.82, 2.24) is 4.90 Å². The van der Waals surface area contributed by atoms with Gasteiger partial charge >= 0.3 is 0 Å². The van der Waals surface area contributed by atoms with Crippen molar-refractivity contribution in [1.29, 1.82) is 0 Å². The van der Waals surface area contributed by atoms with Gasteiger partial charge in [-0.05, 0) is 30.5 Å². The lowest BCUT2D eigenvalue weighted by molar-refractivity contribution is -0.136. The lowest BCUT2D eigenvalue weighted by Crippen LogP contribution is -2.42. The van der Waals surface area contributed by atoms with Gasteiger partial charge < -0.3 is 14.4 Å². The van der Waals surface area contributed by atoms with Crippen LogP contribution in [0.25, 0.3) is 0 Å². The first-order valence-corrected chi connectivity index (χ1v) is 8.34. The van der Waals surface area contributed by atoms with Crippen LogP contribution in [0.2, 0.25) is 10.0 Å². The molecule has 0 unspecified atom stereocenters. The molecule has 0 aromatic heterocycles. The van der Waals surface area contributed by atoms with Gasteiger partial charge in [0, 0.05) is 29.1 Å². The summed E-state index contributed by atoms with van der Waals surface area (Å²) in [5.41, 5.74) is 0.709. The molecular weight excluding hydrogens is 325 g/mol. The second-order valence-electron chi connectivity index (χ2n) is 5.71. The van der Waals surface area contributed by atoms with Crippen molar-refractivity contribution in [2.75, 3.05) is 26.3 Å². The molecule has 0 saturated carbocycles. The molecule has 2 fully saturated rings. The minimum atomic E-state index is -0.0877. The Kier molecular flexibility index (Phi) is 5.24. The van der Waals surface area contributed by atoms with Gasteiger partial charge in [0.2, 0.25) is 5.91 Å². The zero-order valence-corrected chi connectivity index (χ0v) is 13.8. The van der Waals surface area contributed by atoms with Crippen molar-refractivity contribution in [2.24, 2.45) is 5.92 Å². The largest absolute Gasteiger partial charge is 0.350 e. The summed E-state index contributed by atoms with van der Waals surface area (Å²) in [6.07, 6.45) is 1.98. The fourth-order valence-corrected chi connectivity index (χ4v) is 3.57. The monoisotopic (exact) mass is 343 g/mol. The van der Waals surface area contributed by atoms with Crippen LogP contribution in [0.1, 0.15) is 18.4 Å². The first kappa shape index (κ1) is 16.1. The van der Waals surface area contributed by atoms with Gasteiger partial charge in [-0.1, -0.05) is 29.3 Å². The molecule has 2 aliphatic heterocycles. The molecule has 0 atom stereocenters. The van der Waals surface area contributed by atoms with E-state index in [-0.39, 0.29) is 18.6 Å². The molecule has 22 heavy (non-hydrogen) atoms. The predicted octanol–water partition coefficient (Wildman–Crippen LogP) is 3.15. The van der Waals surface area contributed by atoms with E-state index in [0.717, 1.165) is 25.9 Å². The number of ether oxygens (including phenoxy) is 2. The van der Waals surface area contributed by atoms with Crippen LogP contribution < -0.4 is 0 Å². The minimum absolute atomic E-state index is 0.0710. The first-order valence-electron chi connectivity index (χ1n) is 7.59. The Balaban J connectivity index is 1.55. The maximum absolute atomic E-state index is 12.4. The van der Waals surface area contributed by atoms with Crippen LogP contribution in [0.5, 0.6) is 0 Å². The van der Waals surface area contributed by atoms with Gasteiger partial charge in [0.05, 0.1) is 19.6 Å². The molecule has 2 heterocycles. The van der Waals surface area contributed by atoms with Crippen molar-refractivity contribution >= 4 is 29.1 Å². The van der Waals surface area contributed by atoms with Crippen molar-refractivity contribution in [3.8, 4) is 0 Å². The number of rotatable bonds is 3. The summed E-state index contributed by atoms with van der Waals surface area (Å²) in [4.78, 5) is 14.3. The van der Waals surface area contributed by atoms with E-state index in [0.29, 0.717) is 34.7 Å². The number of amides is 1. The van der Waals surface area contributed by atoms with E-state index in [2.05, 4.69) is 0 Å². The number of hydrogen-bond acceptors (Lipinski definition) is 3. The highest BCUT2D eigenvalue weighted by molar-refractivity contribution is 6.36. The number of likely N-dealkylation sites (tertiary alicyclic amines) is 1. The average Bonchev–Trinajstić information content (AvgIpc) is 3.05. The number of carbonyl (C=O) groups is 1. The van der Waals surface area contributed by atoms with Gasteiger partial charge in [-0.15, -0.1) is 0 Å². The molecule has 0 radical (unpaired) electrons. The second kappa shape index (κ2) is 7.18. The topological polar surface area (TPSA) is 38.8 Å². The van der Waals surface area contributed by atoms with Crippen LogP contribution in [-0.4, -0.2) is 43.4 Å². The van der Waals surface area contributed by atoms with Gasteiger partial charge in [-0.25, -0.2) is 0 Å². The molecule has 120 valence electrons. The van der Waals surface area contributed by atoms with E-state index in [1.807, 2.05) is 4.90 Å². The Bertz CT molecular complexity index is 518. The Morgan fingerprint density at radius 3 is 2.32 bits per heavy atom. The summed E-state index contributed by atoms with van der Waals surface area (Å²) >= 11 is 12.3. The maximum atomic E-state index is 12.4. The van der Waals surface area contributed by atoms with Crippen molar-refractivity contribution < 1.29 is 14.3 Å². The van der Waals surface area contributed by atoms with Crippen molar-refractivity contribution in [3.05, 3.63) is 33.8 Å². The Labute approximate surface area is 140 Å². The zero-order chi connectivity index (χ0) is 15.5. The lowest BCUT2D eigenvalue weighted by atomic mass is 9.95. The maximum Gasteiger partial charge on any atom is 0.227 e. The molecule has 6 heteroatoms. The highest BCUT2D eigenvalue weighted by Crippen LogP contribution is 2.28. The Morgan fingerprint density at radius 1 is 1.14 bits per heavy atom. The molecule has 1 aromatic rings.